The Morgan fingerprint density at radius 1 is 1.27 bits per heavy atom. The van der Waals surface area contributed by atoms with Crippen LogP contribution in [0.1, 0.15) is 33.4 Å². The fraction of sp³-hybridized carbons (Fsp3) is 0.533. The second-order valence-electron chi connectivity index (χ2n) is 5.73. The molecule has 1 aliphatic heterocycles. The van der Waals surface area contributed by atoms with Gasteiger partial charge in [-0.1, -0.05) is 18.5 Å². The Balaban J connectivity index is 2.07. The number of carbonyl (C=O) groups excluding carboxylic acids is 2. The highest BCUT2D eigenvalue weighted by Gasteiger charge is 2.49. The molecule has 0 amide bonds. The van der Waals surface area contributed by atoms with E-state index in [0.29, 0.717) is 21.4 Å². The van der Waals surface area contributed by atoms with Gasteiger partial charge < -0.3 is 14.2 Å². The van der Waals surface area contributed by atoms with Gasteiger partial charge in [0.05, 0.1) is 6.33 Å². The number of aromatic nitrogens is 4. The van der Waals surface area contributed by atoms with Crippen LogP contribution in [0.15, 0.2) is 6.33 Å². The summed E-state index contributed by atoms with van der Waals surface area (Å²) >= 11 is 8.07. The van der Waals surface area contributed by atoms with Crippen LogP contribution < -0.4 is 0 Å². The SMILES string of the molecule is CC[C@H]1OC(n2cnc3c(Cl)nc(I)nc32)C(OC(C)=O)[C@@H]1OC(C)=O. The maximum atomic E-state index is 11.6. The molecule has 1 aliphatic rings. The monoisotopic (exact) mass is 494 g/mol. The van der Waals surface area contributed by atoms with E-state index < -0.39 is 36.5 Å². The predicted molar refractivity (Wildman–Crippen MR) is 98.4 cm³/mol. The summed E-state index contributed by atoms with van der Waals surface area (Å²) in [5.74, 6) is -0.991. The summed E-state index contributed by atoms with van der Waals surface area (Å²) < 4.78 is 18.9. The number of imidazole rings is 1. The fourth-order valence-corrected chi connectivity index (χ4v) is 3.78. The van der Waals surface area contributed by atoms with Gasteiger partial charge in [0.25, 0.3) is 0 Å². The van der Waals surface area contributed by atoms with Crippen LogP contribution >= 0.6 is 34.2 Å². The van der Waals surface area contributed by atoms with Crippen LogP contribution in [-0.2, 0) is 23.8 Å². The molecule has 1 saturated heterocycles. The van der Waals surface area contributed by atoms with Crippen molar-refractivity contribution in [1.82, 2.24) is 19.5 Å². The quantitative estimate of drug-likeness (QED) is 0.276. The molecule has 0 spiro atoms. The summed E-state index contributed by atoms with van der Waals surface area (Å²) in [7, 11) is 0. The largest absolute Gasteiger partial charge is 0.456 e. The predicted octanol–water partition coefficient (Wildman–Crippen LogP) is 2.26. The van der Waals surface area contributed by atoms with E-state index in [-0.39, 0.29) is 5.15 Å². The van der Waals surface area contributed by atoms with Crippen molar-refractivity contribution in [2.75, 3.05) is 0 Å². The zero-order valence-electron chi connectivity index (χ0n) is 14.2. The first-order valence-electron chi connectivity index (χ1n) is 7.87. The van der Waals surface area contributed by atoms with Crippen molar-refractivity contribution in [3.63, 3.8) is 0 Å². The first-order chi connectivity index (χ1) is 12.3. The molecule has 9 nitrogen and oxygen atoms in total. The summed E-state index contributed by atoms with van der Waals surface area (Å²) in [6.07, 6.45) is -0.732. The molecule has 2 unspecified atom stereocenters. The van der Waals surface area contributed by atoms with Gasteiger partial charge in [0, 0.05) is 36.4 Å². The van der Waals surface area contributed by atoms with Crippen molar-refractivity contribution >= 4 is 57.3 Å². The lowest BCUT2D eigenvalue weighted by molar-refractivity contribution is -0.165. The number of nitrogens with zero attached hydrogens (tertiary/aromatic N) is 4. The molecule has 1 fully saturated rings. The Labute approximate surface area is 167 Å². The molecular formula is C15H16ClIN4O5. The van der Waals surface area contributed by atoms with Gasteiger partial charge in [-0.05, 0) is 6.42 Å². The van der Waals surface area contributed by atoms with Crippen LogP contribution in [0.25, 0.3) is 11.2 Å². The summed E-state index contributed by atoms with van der Waals surface area (Å²) in [6.45, 7) is 4.48. The third-order valence-corrected chi connectivity index (χ3v) is 4.66. The zero-order valence-corrected chi connectivity index (χ0v) is 17.1. The topological polar surface area (TPSA) is 105 Å². The highest BCUT2D eigenvalue weighted by atomic mass is 127. The van der Waals surface area contributed by atoms with Crippen molar-refractivity contribution in [2.45, 2.75) is 51.7 Å². The molecule has 2 aromatic heterocycles. The van der Waals surface area contributed by atoms with E-state index in [9.17, 15) is 9.59 Å². The summed E-state index contributed by atoms with van der Waals surface area (Å²) in [5, 5.41) is 0.212. The molecule has 0 bridgehead atoms. The van der Waals surface area contributed by atoms with Crippen molar-refractivity contribution in [2.24, 2.45) is 0 Å². The number of halogens is 2. The van der Waals surface area contributed by atoms with Crippen molar-refractivity contribution in [3.05, 3.63) is 15.3 Å². The van der Waals surface area contributed by atoms with Gasteiger partial charge in [-0.2, -0.15) is 0 Å². The maximum absolute atomic E-state index is 11.6. The minimum atomic E-state index is -0.842. The number of fused-ring (bicyclic) bond motifs is 1. The Morgan fingerprint density at radius 3 is 2.54 bits per heavy atom. The highest BCUT2D eigenvalue weighted by Crippen LogP contribution is 2.37. The van der Waals surface area contributed by atoms with E-state index in [0.717, 1.165) is 0 Å². The molecule has 3 rings (SSSR count). The minimum Gasteiger partial charge on any atom is -0.456 e. The normalized spacial score (nSPS) is 25.4. The summed E-state index contributed by atoms with van der Waals surface area (Å²) in [5.41, 5.74) is 0.844. The lowest BCUT2D eigenvalue weighted by Gasteiger charge is -2.23. The molecule has 3 heterocycles. The van der Waals surface area contributed by atoms with Crippen LogP contribution in [0.5, 0.6) is 0 Å². The Morgan fingerprint density at radius 2 is 1.92 bits per heavy atom. The van der Waals surface area contributed by atoms with Gasteiger partial charge in [-0.3, -0.25) is 14.2 Å². The van der Waals surface area contributed by atoms with Crippen LogP contribution in [-0.4, -0.2) is 49.8 Å². The number of hydrogen-bond donors (Lipinski definition) is 0. The molecule has 0 aromatic carbocycles. The Hall–Kier alpha value is -1.53. The van der Waals surface area contributed by atoms with Crippen molar-refractivity contribution < 1.29 is 23.8 Å². The summed E-state index contributed by atoms with van der Waals surface area (Å²) in [4.78, 5) is 35.8. The molecule has 2 aromatic rings. The molecule has 0 saturated carbocycles. The number of rotatable bonds is 4. The first-order valence-corrected chi connectivity index (χ1v) is 9.33. The van der Waals surface area contributed by atoms with E-state index in [1.807, 2.05) is 29.5 Å². The Bertz CT molecular complexity index is 860. The smallest absolute Gasteiger partial charge is 0.303 e. The lowest BCUT2D eigenvalue weighted by atomic mass is 10.1. The van der Waals surface area contributed by atoms with Crippen molar-refractivity contribution in [1.29, 1.82) is 0 Å². The second kappa shape index (κ2) is 7.61. The highest BCUT2D eigenvalue weighted by molar-refractivity contribution is 14.1. The molecular weight excluding hydrogens is 479 g/mol. The molecule has 26 heavy (non-hydrogen) atoms. The number of ether oxygens (including phenoxy) is 3. The molecule has 140 valence electrons. The van der Waals surface area contributed by atoms with Crippen LogP contribution in [0.4, 0.5) is 0 Å². The third kappa shape index (κ3) is 3.62. The average Bonchev–Trinajstić information content (AvgIpc) is 3.09. The molecule has 0 N–H and O–H groups in total. The number of hydrogen-bond acceptors (Lipinski definition) is 8. The number of carbonyl (C=O) groups is 2. The summed E-state index contributed by atoms with van der Waals surface area (Å²) in [6, 6.07) is 0. The van der Waals surface area contributed by atoms with Gasteiger partial charge in [-0.25, -0.2) is 15.0 Å². The third-order valence-electron chi connectivity index (χ3n) is 3.92. The molecule has 11 heteroatoms. The van der Waals surface area contributed by atoms with Gasteiger partial charge >= 0.3 is 11.9 Å². The fourth-order valence-electron chi connectivity index (χ4n) is 2.96. The average molecular weight is 495 g/mol. The maximum Gasteiger partial charge on any atom is 0.303 e. The van der Waals surface area contributed by atoms with E-state index >= 15 is 0 Å². The van der Waals surface area contributed by atoms with Crippen LogP contribution in [0.2, 0.25) is 5.15 Å². The Kier molecular flexibility index (Phi) is 5.63. The zero-order chi connectivity index (χ0) is 19.0. The lowest BCUT2D eigenvalue weighted by Crippen LogP contribution is -2.38. The van der Waals surface area contributed by atoms with Gasteiger partial charge in [-0.15, -0.1) is 0 Å². The van der Waals surface area contributed by atoms with E-state index in [1.165, 1.54) is 20.2 Å². The second-order valence-corrected chi connectivity index (χ2v) is 7.05. The minimum absolute atomic E-state index is 0.212. The van der Waals surface area contributed by atoms with Crippen molar-refractivity contribution in [3.8, 4) is 0 Å². The standard InChI is InChI=1S/C15H16ClIN4O5/c1-4-8-10(24-6(2)22)11(25-7(3)23)14(26-8)21-5-18-9-12(16)19-15(17)20-13(9)21/h5,8,10-11,14H,4H2,1-3H3/t8-,10-,11?,14?/m1/s1. The molecule has 4 atom stereocenters. The van der Waals surface area contributed by atoms with Crippen LogP contribution in [0.3, 0.4) is 0 Å². The number of esters is 2. The van der Waals surface area contributed by atoms with E-state index in [4.69, 9.17) is 25.8 Å². The molecule has 0 radical (unpaired) electrons. The van der Waals surface area contributed by atoms with E-state index in [1.54, 1.807) is 4.57 Å². The van der Waals surface area contributed by atoms with Gasteiger partial charge in [0.15, 0.2) is 33.1 Å². The van der Waals surface area contributed by atoms with Gasteiger partial charge in [0.2, 0.25) is 0 Å². The van der Waals surface area contributed by atoms with E-state index in [2.05, 4.69) is 15.0 Å². The molecule has 0 aliphatic carbocycles. The van der Waals surface area contributed by atoms with Crippen LogP contribution in [0, 0.1) is 3.83 Å². The first kappa shape index (κ1) is 19.2. The van der Waals surface area contributed by atoms with Gasteiger partial charge in [0.1, 0.15) is 11.6 Å².